The summed E-state index contributed by atoms with van der Waals surface area (Å²) in [5.74, 6) is -1.76. The molecule has 20 heavy (non-hydrogen) atoms. The first-order valence-corrected chi connectivity index (χ1v) is 7.47. The molecule has 110 valence electrons. The van der Waals surface area contributed by atoms with Crippen LogP contribution in [-0.4, -0.2) is 36.2 Å². The van der Waals surface area contributed by atoms with Crippen LogP contribution in [0.2, 0.25) is 0 Å². The fourth-order valence-electron chi connectivity index (χ4n) is 3.86. The Kier molecular flexibility index (Phi) is 3.78. The molecule has 2 bridgehead atoms. The van der Waals surface area contributed by atoms with E-state index in [9.17, 15) is 14.7 Å². The van der Waals surface area contributed by atoms with Crippen molar-refractivity contribution in [3.63, 3.8) is 0 Å². The van der Waals surface area contributed by atoms with Crippen LogP contribution in [0, 0.1) is 23.7 Å². The van der Waals surface area contributed by atoms with Gasteiger partial charge in [-0.1, -0.05) is 12.2 Å². The molecular weight excluding hydrogens is 258 g/mol. The number of carbonyl (C=O) groups excluding carboxylic acids is 1. The van der Waals surface area contributed by atoms with E-state index in [4.69, 9.17) is 4.74 Å². The van der Waals surface area contributed by atoms with Crippen LogP contribution < -0.4 is 5.32 Å². The third kappa shape index (κ3) is 2.46. The fourth-order valence-corrected chi connectivity index (χ4v) is 3.86. The summed E-state index contributed by atoms with van der Waals surface area (Å²) in [6.45, 7) is 1.39. The maximum Gasteiger partial charge on any atom is 0.307 e. The van der Waals surface area contributed by atoms with Crippen molar-refractivity contribution in [1.82, 2.24) is 5.32 Å². The molecule has 0 aromatic rings. The summed E-state index contributed by atoms with van der Waals surface area (Å²) < 4.78 is 5.51. The van der Waals surface area contributed by atoms with E-state index in [1.54, 1.807) is 0 Å². The number of fused-ring (bicyclic) bond motifs is 2. The highest BCUT2D eigenvalue weighted by Gasteiger charge is 2.51. The third-order valence-corrected chi connectivity index (χ3v) is 4.84. The molecule has 2 N–H and O–H groups in total. The first-order valence-electron chi connectivity index (χ1n) is 7.47. The summed E-state index contributed by atoms with van der Waals surface area (Å²) in [5, 5.41) is 12.2. The van der Waals surface area contributed by atoms with Gasteiger partial charge in [0, 0.05) is 13.2 Å². The molecule has 0 aromatic heterocycles. The number of aliphatic carboxylic acids is 1. The van der Waals surface area contributed by atoms with Gasteiger partial charge in [-0.25, -0.2) is 0 Å². The van der Waals surface area contributed by atoms with E-state index < -0.39 is 17.8 Å². The van der Waals surface area contributed by atoms with Crippen LogP contribution in [0.5, 0.6) is 0 Å². The van der Waals surface area contributed by atoms with Crippen LogP contribution in [0.15, 0.2) is 12.2 Å². The monoisotopic (exact) mass is 279 g/mol. The van der Waals surface area contributed by atoms with Gasteiger partial charge >= 0.3 is 5.97 Å². The van der Waals surface area contributed by atoms with Crippen molar-refractivity contribution in [3.05, 3.63) is 12.2 Å². The number of hydrogen-bond donors (Lipinski definition) is 2. The van der Waals surface area contributed by atoms with Crippen LogP contribution in [0.3, 0.4) is 0 Å². The second kappa shape index (κ2) is 5.56. The minimum Gasteiger partial charge on any atom is -0.481 e. The second-order valence-electron chi connectivity index (χ2n) is 6.05. The van der Waals surface area contributed by atoms with Gasteiger partial charge in [0.2, 0.25) is 5.91 Å². The lowest BCUT2D eigenvalue weighted by Crippen LogP contribution is -2.41. The summed E-state index contributed by atoms with van der Waals surface area (Å²) in [7, 11) is 0. The van der Waals surface area contributed by atoms with E-state index in [0.717, 1.165) is 32.3 Å². The Hall–Kier alpha value is -1.36. The summed E-state index contributed by atoms with van der Waals surface area (Å²) in [4.78, 5) is 23.6. The van der Waals surface area contributed by atoms with E-state index >= 15 is 0 Å². The molecule has 0 radical (unpaired) electrons. The molecule has 2 aliphatic carbocycles. The van der Waals surface area contributed by atoms with Crippen molar-refractivity contribution in [3.8, 4) is 0 Å². The lowest BCUT2D eigenvalue weighted by atomic mass is 9.82. The van der Waals surface area contributed by atoms with Gasteiger partial charge < -0.3 is 15.2 Å². The van der Waals surface area contributed by atoms with Crippen LogP contribution in [0.1, 0.15) is 25.7 Å². The van der Waals surface area contributed by atoms with Crippen LogP contribution in [-0.2, 0) is 14.3 Å². The van der Waals surface area contributed by atoms with E-state index in [1.807, 2.05) is 12.2 Å². The SMILES string of the molecule is O=C(O)C1C2C=CC(C2)C1C(=O)NCCC1CCCO1. The number of nitrogens with one attached hydrogen (secondary N) is 1. The van der Waals surface area contributed by atoms with Crippen molar-refractivity contribution < 1.29 is 19.4 Å². The molecule has 5 atom stereocenters. The van der Waals surface area contributed by atoms with Crippen molar-refractivity contribution in [2.75, 3.05) is 13.2 Å². The van der Waals surface area contributed by atoms with E-state index in [-0.39, 0.29) is 23.8 Å². The first-order chi connectivity index (χ1) is 9.66. The Morgan fingerprint density at radius 2 is 2.00 bits per heavy atom. The molecule has 3 rings (SSSR count). The zero-order chi connectivity index (χ0) is 14.1. The van der Waals surface area contributed by atoms with Crippen molar-refractivity contribution in [2.24, 2.45) is 23.7 Å². The zero-order valence-electron chi connectivity index (χ0n) is 11.5. The molecule has 1 saturated carbocycles. The minimum absolute atomic E-state index is 0.0337. The van der Waals surface area contributed by atoms with Crippen LogP contribution in [0.25, 0.3) is 0 Å². The molecule has 3 aliphatic rings. The molecule has 1 heterocycles. The average Bonchev–Trinajstić information content (AvgIpc) is 3.13. The number of rotatable bonds is 5. The van der Waals surface area contributed by atoms with E-state index in [2.05, 4.69) is 5.32 Å². The molecule has 2 fully saturated rings. The standard InChI is InChI=1S/C15H21NO4/c17-14(16-6-5-11-2-1-7-20-11)12-9-3-4-10(8-9)13(12)15(18)19/h3-4,9-13H,1-2,5-8H2,(H,16,17)(H,18,19). The van der Waals surface area contributed by atoms with Gasteiger partial charge in [-0.2, -0.15) is 0 Å². The molecular formula is C15H21NO4. The number of carbonyl (C=O) groups is 2. The van der Waals surface area contributed by atoms with E-state index in [1.165, 1.54) is 0 Å². The van der Waals surface area contributed by atoms with Gasteiger partial charge in [-0.3, -0.25) is 9.59 Å². The maximum atomic E-state index is 12.3. The molecule has 5 heteroatoms. The predicted molar refractivity (Wildman–Crippen MR) is 72.0 cm³/mol. The summed E-state index contributed by atoms with van der Waals surface area (Å²) in [6.07, 6.45) is 8.00. The summed E-state index contributed by atoms with van der Waals surface area (Å²) in [5.41, 5.74) is 0. The lowest BCUT2D eigenvalue weighted by Gasteiger charge is -2.24. The largest absolute Gasteiger partial charge is 0.481 e. The van der Waals surface area contributed by atoms with Crippen molar-refractivity contribution in [2.45, 2.75) is 31.8 Å². The van der Waals surface area contributed by atoms with Gasteiger partial charge in [0.25, 0.3) is 0 Å². The lowest BCUT2D eigenvalue weighted by molar-refractivity contribution is -0.147. The minimum atomic E-state index is -0.846. The van der Waals surface area contributed by atoms with Crippen LogP contribution >= 0.6 is 0 Å². The Bertz CT molecular complexity index is 428. The van der Waals surface area contributed by atoms with Gasteiger partial charge in [0.1, 0.15) is 0 Å². The van der Waals surface area contributed by atoms with E-state index in [0.29, 0.717) is 6.54 Å². The molecule has 5 nitrogen and oxygen atoms in total. The predicted octanol–water partition coefficient (Wildman–Crippen LogP) is 1.19. The number of carboxylic acids is 1. The first kappa shape index (κ1) is 13.6. The highest BCUT2D eigenvalue weighted by molar-refractivity contribution is 5.86. The molecule has 1 saturated heterocycles. The van der Waals surface area contributed by atoms with Gasteiger partial charge in [0.05, 0.1) is 17.9 Å². The topological polar surface area (TPSA) is 75.6 Å². The maximum absolute atomic E-state index is 12.3. The number of amides is 1. The third-order valence-electron chi connectivity index (χ3n) is 4.84. The normalized spacial score (nSPS) is 38.3. The Morgan fingerprint density at radius 3 is 2.65 bits per heavy atom. The quantitative estimate of drug-likeness (QED) is 0.741. The second-order valence-corrected chi connectivity index (χ2v) is 6.05. The summed E-state index contributed by atoms with van der Waals surface area (Å²) in [6, 6.07) is 0. The van der Waals surface area contributed by atoms with Gasteiger partial charge in [-0.05, 0) is 37.5 Å². The smallest absolute Gasteiger partial charge is 0.307 e. The summed E-state index contributed by atoms with van der Waals surface area (Å²) >= 11 is 0. The highest BCUT2D eigenvalue weighted by atomic mass is 16.5. The molecule has 1 aliphatic heterocycles. The Balaban J connectivity index is 1.53. The average molecular weight is 279 g/mol. The molecule has 5 unspecified atom stereocenters. The fraction of sp³-hybridized carbons (Fsp3) is 0.733. The number of hydrogen-bond acceptors (Lipinski definition) is 3. The molecule has 0 aromatic carbocycles. The Labute approximate surface area is 118 Å². The van der Waals surface area contributed by atoms with Crippen molar-refractivity contribution >= 4 is 11.9 Å². The number of carboxylic acid groups (broad SMARTS) is 1. The van der Waals surface area contributed by atoms with Gasteiger partial charge in [0.15, 0.2) is 0 Å². The zero-order valence-corrected chi connectivity index (χ0v) is 11.5. The van der Waals surface area contributed by atoms with Crippen LogP contribution in [0.4, 0.5) is 0 Å². The number of ether oxygens (including phenoxy) is 1. The van der Waals surface area contributed by atoms with Gasteiger partial charge in [-0.15, -0.1) is 0 Å². The number of allylic oxidation sites excluding steroid dienone is 2. The van der Waals surface area contributed by atoms with Crippen molar-refractivity contribution in [1.29, 1.82) is 0 Å². The molecule has 1 amide bonds. The molecule has 0 spiro atoms. The Morgan fingerprint density at radius 1 is 1.25 bits per heavy atom. The highest BCUT2D eigenvalue weighted by Crippen LogP contribution is 2.48.